The molecular weight excluding hydrogens is 386 g/mol. The quantitative estimate of drug-likeness (QED) is 0.280. The normalized spacial score (nSPS) is 10.5. The van der Waals surface area contributed by atoms with Gasteiger partial charge in [-0.3, -0.25) is 0 Å². The molecule has 6 aromatic rings. The zero-order valence-electron chi connectivity index (χ0n) is 17.7. The molecule has 0 aliphatic heterocycles. The van der Waals surface area contributed by atoms with Gasteiger partial charge >= 0.3 is 0 Å². The number of hydrogen-bond acceptors (Lipinski definition) is 1. The molecule has 152 valence electrons. The number of fused-ring (bicyclic) bond motifs is 2. The van der Waals surface area contributed by atoms with Crippen molar-refractivity contribution in [3.63, 3.8) is 0 Å². The standard InChI is InChI=1S/C16H12.C15H11N/c1-2-7-13(8-3-1)16-12-6-10-14-9-4-5-11-15(14)16;1-2-6-12(7-3-1)15-11-10-13-8-4-5-9-14(13)16-15/h1-12H;1-11H. The third-order valence-corrected chi connectivity index (χ3v) is 5.54. The Balaban J connectivity index is 0.000000135. The first-order valence-corrected chi connectivity index (χ1v) is 10.8. The van der Waals surface area contributed by atoms with E-state index in [2.05, 4.69) is 108 Å². The van der Waals surface area contributed by atoms with Crippen LogP contribution in [0.2, 0.25) is 0 Å². The van der Waals surface area contributed by atoms with E-state index < -0.39 is 0 Å². The molecule has 5 aromatic carbocycles. The van der Waals surface area contributed by atoms with Crippen LogP contribution in [0.1, 0.15) is 0 Å². The maximum atomic E-state index is 4.65. The number of hydrogen-bond donors (Lipinski definition) is 0. The Labute approximate surface area is 188 Å². The van der Waals surface area contributed by atoms with E-state index in [9.17, 15) is 0 Å². The lowest BCUT2D eigenvalue weighted by molar-refractivity contribution is 1.40. The van der Waals surface area contributed by atoms with Crippen molar-refractivity contribution in [3.05, 3.63) is 140 Å². The zero-order valence-corrected chi connectivity index (χ0v) is 17.7. The Bertz CT molecular complexity index is 1440. The first-order valence-electron chi connectivity index (χ1n) is 10.8. The SMILES string of the molecule is c1ccc(-c2ccc3ccccc3n2)cc1.c1ccc(-c2cccc3ccccc23)cc1. The molecule has 0 fully saturated rings. The summed E-state index contributed by atoms with van der Waals surface area (Å²) < 4.78 is 0. The van der Waals surface area contributed by atoms with E-state index in [-0.39, 0.29) is 0 Å². The average molecular weight is 410 g/mol. The monoisotopic (exact) mass is 409 g/mol. The average Bonchev–Trinajstić information content (AvgIpc) is 2.89. The van der Waals surface area contributed by atoms with Crippen LogP contribution in [-0.2, 0) is 0 Å². The minimum atomic E-state index is 1.03. The van der Waals surface area contributed by atoms with Crippen LogP contribution in [0, 0.1) is 0 Å². The van der Waals surface area contributed by atoms with Crippen molar-refractivity contribution in [2.24, 2.45) is 0 Å². The van der Waals surface area contributed by atoms with Gasteiger partial charge in [-0.1, -0.05) is 127 Å². The van der Waals surface area contributed by atoms with Gasteiger partial charge in [0.1, 0.15) is 0 Å². The molecule has 1 aromatic heterocycles. The van der Waals surface area contributed by atoms with E-state index >= 15 is 0 Å². The summed E-state index contributed by atoms with van der Waals surface area (Å²) in [6.07, 6.45) is 0. The van der Waals surface area contributed by atoms with Gasteiger partial charge in [0.05, 0.1) is 11.2 Å². The molecule has 1 heterocycles. The molecule has 0 saturated heterocycles. The lowest BCUT2D eigenvalue weighted by atomic mass is 9.98. The summed E-state index contributed by atoms with van der Waals surface area (Å²) >= 11 is 0. The molecule has 0 aliphatic carbocycles. The number of pyridine rings is 1. The summed E-state index contributed by atoms with van der Waals surface area (Å²) in [5, 5.41) is 3.79. The van der Waals surface area contributed by atoms with Crippen LogP contribution in [0.5, 0.6) is 0 Å². The molecule has 6 rings (SSSR count). The van der Waals surface area contributed by atoms with Crippen molar-refractivity contribution in [1.82, 2.24) is 4.98 Å². The summed E-state index contributed by atoms with van der Waals surface area (Å²) in [7, 11) is 0. The molecule has 0 aliphatic rings. The molecule has 0 atom stereocenters. The highest BCUT2D eigenvalue weighted by Crippen LogP contribution is 2.28. The number of rotatable bonds is 2. The van der Waals surface area contributed by atoms with Gasteiger partial charge in [-0.2, -0.15) is 0 Å². The molecule has 32 heavy (non-hydrogen) atoms. The van der Waals surface area contributed by atoms with E-state index in [4.69, 9.17) is 0 Å². The first kappa shape index (κ1) is 19.7. The number of aromatic nitrogens is 1. The molecule has 0 amide bonds. The molecule has 0 bridgehead atoms. The van der Waals surface area contributed by atoms with Crippen LogP contribution >= 0.6 is 0 Å². The third kappa shape index (κ3) is 4.28. The van der Waals surface area contributed by atoms with E-state index in [0.29, 0.717) is 0 Å². The summed E-state index contributed by atoms with van der Waals surface area (Å²) in [5.41, 5.74) is 5.81. The summed E-state index contributed by atoms with van der Waals surface area (Å²) in [5.74, 6) is 0. The zero-order chi connectivity index (χ0) is 21.6. The van der Waals surface area contributed by atoms with Gasteiger partial charge in [-0.05, 0) is 34.0 Å². The molecule has 0 N–H and O–H groups in total. The first-order chi connectivity index (χ1) is 15.9. The molecule has 0 saturated carbocycles. The van der Waals surface area contributed by atoms with Gasteiger partial charge in [0, 0.05) is 10.9 Å². The highest BCUT2D eigenvalue weighted by atomic mass is 14.7. The molecule has 1 nitrogen and oxygen atoms in total. The van der Waals surface area contributed by atoms with Gasteiger partial charge in [-0.15, -0.1) is 0 Å². The van der Waals surface area contributed by atoms with Crippen LogP contribution in [0.3, 0.4) is 0 Å². The van der Waals surface area contributed by atoms with Gasteiger partial charge in [0.25, 0.3) is 0 Å². The Morgan fingerprint density at radius 3 is 1.75 bits per heavy atom. The van der Waals surface area contributed by atoms with Crippen molar-refractivity contribution >= 4 is 21.7 Å². The van der Waals surface area contributed by atoms with Crippen molar-refractivity contribution in [1.29, 1.82) is 0 Å². The predicted octanol–water partition coefficient (Wildman–Crippen LogP) is 8.41. The van der Waals surface area contributed by atoms with E-state index in [1.165, 1.54) is 27.3 Å². The van der Waals surface area contributed by atoms with Crippen LogP contribution in [-0.4, -0.2) is 4.98 Å². The van der Waals surface area contributed by atoms with Gasteiger partial charge < -0.3 is 0 Å². The van der Waals surface area contributed by atoms with Gasteiger partial charge in [-0.25, -0.2) is 4.98 Å². The van der Waals surface area contributed by atoms with Gasteiger partial charge in [0.2, 0.25) is 0 Å². The van der Waals surface area contributed by atoms with Crippen molar-refractivity contribution in [2.45, 2.75) is 0 Å². The predicted molar refractivity (Wildman–Crippen MR) is 137 cm³/mol. The fourth-order valence-corrected chi connectivity index (χ4v) is 3.93. The van der Waals surface area contributed by atoms with E-state index in [1.54, 1.807) is 0 Å². The van der Waals surface area contributed by atoms with Crippen LogP contribution in [0.25, 0.3) is 44.1 Å². The lowest BCUT2D eigenvalue weighted by Crippen LogP contribution is -1.84. The second-order valence-corrected chi connectivity index (χ2v) is 7.65. The maximum absolute atomic E-state index is 4.65. The highest BCUT2D eigenvalue weighted by Gasteiger charge is 2.01. The fourth-order valence-electron chi connectivity index (χ4n) is 3.93. The highest BCUT2D eigenvalue weighted by molar-refractivity contribution is 5.96. The number of benzene rings is 5. The van der Waals surface area contributed by atoms with Crippen molar-refractivity contribution in [3.8, 4) is 22.4 Å². The largest absolute Gasteiger partial charge is 0.248 e. The Kier molecular flexibility index (Phi) is 5.72. The molecule has 0 unspecified atom stereocenters. The summed E-state index contributed by atoms with van der Waals surface area (Å²) in [6.45, 7) is 0. The second kappa shape index (κ2) is 9.28. The molecule has 0 radical (unpaired) electrons. The maximum Gasteiger partial charge on any atom is 0.0709 e. The van der Waals surface area contributed by atoms with Gasteiger partial charge in [0.15, 0.2) is 0 Å². The smallest absolute Gasteiger partial charge is 0.0709 e. The molecule has 0 spiro atoms. The second-order valence-electron chi connectivity index (χ2n) is 7.65. The molecular formula is C31H23N. The Morgan fingerprint density at radius 2 is 0.969 bits per heavy atom. The molecule has 1 heteroatoms. The lowest BCUT2D eigenvalue weighted by Gasteiger charge is -2.06. The Morgan fingerprint density at radius 1 is 0.375 bits per heavy atom. The fraction of sp³-hybridized carbons (Fsp3) is 0. The van der Waals surface area contributed by atoms with Crippen LogP contribution in [0.4, 0.5) is 0 Å². The minimum Gasteiger partial charge on any atom is -0.248 e. The number of nitrogens with zero attached hydrogens (tertiary/aromatic N) is 1. The Hall–Kier alpha value is -4.23. The van der Waals surface area contributed by atoms with E-state index in [0.717, 1.165) is 16.8 Å². The number of para-hydroxylation sites is 1. The minimum absolute atomic E-state index is 1.03. The third-order valence-electron chi connectivity index (χ3n) is 5.54. The van der Waals surface area contributed by atoms with E-state index in [1.807, 2.05) is 36.4 Å². The summed E-state index contributed by atoms with van der Waals surface area (Å²) in [4.78, 5) is 4.65. The van der Waals surface area contributed by atoms with Crippen LogP contribution < -0.4 is 0 Å². The van der Waals surface area contributed by atoms with Crippen LogP contribution in [0.15, 0.2) is 140 Å². The van der Waals surface area contributed by atoms with Crippen molar-refractivity contribution in [2.75, 3.05) is 0 Å². The topological polar surface area (TPSA) is 12.9 Å². The van der Waals surface area contributed by atoms with Crippen molar-refractivity contribution < 1.29 is 0 Å². The summed E-state index contributed by atoms with van der Waals surface area (Å²) in [6, 6.07) is 48.1.